The average Bonchev–Trinajstić information content (AvgIpc) is 3.03. The van der Waals surface area contributed by atoms with Crippen molar-refractivity contribution in [1.29, 1.82) is 0 Å². The molecule has 0 spiro atoms. The van der Waals surface area contributed by atoms with Gasteiger partial charge in [0, 0.05) is 30.1 Å². The zero-order chi connectivity index (χ0) is 20.1. The van der Waals surface area contributed by atoms with Crippen LogP contribution in [0.5, 0.6) is 11.5 Å². The number of nitrogens with zero attached hydrogens (tertiary/aromatic N) is 1. The minimum atomic E-state index is -0.135. The SMILES string of the molecule is CCOc1cc(N2CCOCC2)c(OCC)cc1NC(=O)c1cc(C)c(C)s1. The molecule has 28 heavy (non-hydrogen) atoms. The number of anilines is 2. The van der Waals surface area contributed by atoms with Crippen LogP contribution in [0.2, 0.25) is 0 Å². The number of carbonyl (C=O) groups is 1. The fourth-order valence-electron chi connectivity index (χ4n) is 3.11. The van der Waals surface area contributed by atoms with Gasteiger partial charge >= 0.3 is 0 Å². The molecule has 1 aliphatic heterocycles. The van der Waals surface area contributed by atoms with Crippen molar-refractivity contribution in [2.45, 2.75) is 27.7 Å². The lowest BCUT2D eigenvalue weighted by atomic mass is 10.2. The topological polar surface area (TPSA) is 60.0 Å². The lowest BCUT2D eigenvalue weighted by Gasteiger charge is -2.31. The van der Waals surface area contributed by atoms with Crippen molar-refractivity contribution in [3.63, 3.8) is 0 Å². The van der Waals surface area contributed by atoms with Crippen LogP contribution in [-0.4, -0.2) is 45.4 Å². The number of aryl methyl sites for hydroxylation is 2. The highest BCUT2D eigenvalue weighted by molar-refractivity contribution is 7.14. The number of nitrogens with one attached hydrogen (secondary N) is 1. The molecule has 1 amide bonds. The van der Waals surface area contributed by atoms with Crippen LogP contribution in [0.4, 0.5) is 11.4 Å². The summed E-state index contributed by atoms with van der Waals surface area (Å²) in [7, 11) is 0. The summed E-state index contributed by atoms with van der Waals surface area (Å²) < 4.78 is 17.2. The van der Waals surface area contributed by atoms with Gasteiger partial charge in [-0.25, -0.2) is 0 Å². The molecule has 0 aliphatic carbocycles. The molecule has 0 radical (unpaired) electrons. The number of morpholine rings is 1. The third-order valence-corrected chi connectivity index (χ3v) is 5.80. The molecular formula is C21H28N2O4S. The molecule has 1 N–H and O–H groups in total. The minimum absolute atomic E-state index is 0.135. The van der Waals surface area contributed by atoms with Crippen LogP contribution in [0.3, 0.4) is 0 Å². The van der Waals surface area contributed by atoms with E-state index < -0.39 is 0 Å². The van der Waals surface area contributed by atoms with Gasteiger partial charge in [0.25, 0.3) is 5.91 Å². The van der Waals surface area contributed by atoms with Crippen LogP contribution in [0.15, 0.2) is 18.2 Å². The summed E-state index contributed by atoms with van der Waals surface area (Å²) in [6.07, 6.45) is 0. The van der Waals surface area contributed by atoms with E-state index in [-0.39, 0.29) is 5.91 Å². The third kappa shape index (κ3) is 4.59. The van der Waals surface area contributed by atoms with Crippen LogP contribution in [0, 0.1) is 13.8 Å². The van der Waals surface area contributed by atoms with Gasteiger partial charge in [-0.05, 0) is 39.3 Å². The maximum absolute atomic E-state index is 12.8. The van der Waals surface area contributed by atoms with E-state index in [1.165, 1.54) is 11.3 Å². The predicted molar refractivity (Wildman–Crippen MR) is 114 cm³/mol. The van der Waals surface area contributed by atoms with Gasteiger partial charge < -0.3 is 24.4 Å². The normalized spacial score (nSPS) is 14.1. The molecule has 1 aromatic carbocycles. The highest BCUT2D eigenvalue weighted by atomic mass is 32.1. The number of thiophene rings is 1. The Labute approximate surface area is 170 Å². The summed E-state index contributed by atoms with van der Waals surface area (Å²) in [5.74, 6) is 1.25. The van der Waals surface area contributed by atoms with Crippen LogP contribution in [-0.2, 0) is 4.74 Å². The number of benzene rings is 1. The Morgan fingerprint density at radius 2 is 1.79 bits per heavy atom. The lowest BCUT2D eigenvalue weighted by Crippen LogP contribution is -2.36. The Hall–Kier alpha value is -2.25. The quantitative estimate of drug-likeness (QED) is 0.748. The van der Waals surface area contributed by atoms with Gasteiger partial charge in [-0.3, -0.25) is 4.79 Å². The molecule has 6 nitrogen and oxygen atoms in total. The monoisotopic (exact) mass is 404 g/mol. The Balaban J connectivity index is 1.94. The molecule has 1 aliphatic rings. The first-order valence-corrected chi connectivity index (χ1v) is 10.5. The van der Waals surface area contributed by atoms with Gasteiger partial charge in [0.2, 0.25) is 0 Å². The van der Waals surface area contributed by atoms with E-state index in [4.69, 9.17) is 14.2 Å². The first-order chi connectivity index (χ1) is 13.5. The van der Waals surface area contributed by atoms with E-state index in [9.17, 15) is 4.79 Å². The Bertz CT molecular complexity index is 809. The predicted octanol–water partition coefficient (Wildman–Crippen LogP) is 4.25. The van der Waals surface area contributed by atoms with Crippen molar-refractivity contribution in [1.82, 2.24) is 0 Å². The van der Waals surface area contributed by atoms with Crippen molar-refractivity contribution in [2.75, 3.05) is 49.7 Å². The molecule has 0 unspecified atom stereocenters. The van der Waals surface area contributed by atoms with Crippen molar-refractivity contribution in [3.05, 3.63) is 33.5 Å². The fourth-order valence-corrected chi connectivity index (χ4v) is 4.04. The van der Waals surface area contributed by atoms with Crippen molar-refractivity contribution >= 4 is 28.6 Å². The number of hydrogen-bond donors (Lipinski definition) is 1. The molecule has 152 valence electrons. The molecule has 1 fully saturated rings. The average molecular weight is 405 g/mol. The van der Waals surface area contributed by atoms with Gasteiger partial charge in [0.05, 0.1) is 42.7 Å². The largest absolute Gasteiger partial charge is 0.492 e. The maximum atomic E-state index is 12.8. The molecule has 1 aromatic heterocycles. The second-order valence-electron chi connectivity index (χ2n) is 6.59. The first kappa shape index (κ1) is 20.5. The van der Waals surface area contributed by atoms with Gasteiger partial charge in [-0.1, -0.05) is 0 Å². The molecular weight excluding hydrogens is 376 g/mol. The van der Waals surface area contributed by atoms with E-state index >= 15 is 0 Å². The standard InChI is InChI=1S/C21H28N2O4S/c1-5-26-18-13-17(23-7-9-25-10-8-23)19(27-6-2)12-16(18)22-21(24)20-11-14(3)15(4)28-20/h11-13H,5-10H2,1-4H3,(H,22,24). The number of carbonyl (C=O) groups excluding carboxylic acids is 1. The van der Waals surface area contributed by atoms with Gasteiger partial charge in [-0.2, -0.15) is 0 Å². The molecule has 0 bridgehead atoms. The summed E-state index contributed by atoms with van der Waals surface area (Å²) in [6.45, 7) is 11.9. The zero-order valence-corrected chi connectivity index (χ0v) is 17.8. The van der Waals surface area contributed by atoms with E-state index in [1.807, 2.05) is 45.9 Å². The van der Waals surface area contributed by atoms with Gasteiger partial charge in [0.1, 0.15) is 11.5 Å². The summed E-state index contributed by atoms with van der Waals surface area (Å²) >= 11 is 1.50. The summed E-state index contributed by atoms with van der Waals surface area (Å²) in [4.78, 5) is 16.8. The van der Waals surface area contributed by atoms with Crippen LogP contribution in [0.1, 0.15) is 34.0 Å². The van der Waals surface area contributed by atoms with Crippen LogP contribution >= 0.6 is 11.3 Å². The number of amides is 1. The molecule has 0 saturated carbocycles. The van der Waals surface area contributed by atoms with Crippen LogP contribution < -0.4 is 19.7 Å². The summed E-state index contributed by atoms with van der Waals surface area (Å²) in [5, 5.41) is 3.00. The molecule has 7 heteroatoms. The number of hydrogen-bond acceptors (Lipinski definition) is 6. The van der Waals surface area contributed by atoms with E-state index in [2.05, 4.69) is 10.2 Å². The molecule has 1 saturated heterocycles. The van der Waals surface area contributed by atoms with Crippen molar-refractivity contribution in [3.8, 4) is 11.5 Å². The second-order valence-corrected chi connectivity index (χ2v) is 7.84. The van der Waals surface area contributed by atoms with Gasteiger partial charge in [0.15, 0.2) is 0 Å². The molecule has 2 aromatic rings. The Morgan fingerprint density at radius 3 is 2.39 bits per heavy atom. The third-order valence-electron chi connectivity index (χ3n) is 4.65. The van der Waals surface area contributed by atoms with E-state index in [1.54, 1.807) is 0 Å². The highest BCUT2D eigenvalue weighted by Crippen LogP contribution is 2.39. The number of ether oxygens (including phenoxy) is 3. The van der Waals surface area contributed by atoms with Crippen LogP contribution in [0.25, 0.3) is 0 Å². The smallest absolute Gasteiger partial charge is 0.265 e. The first-order valence-electron chi connectivity index (χ1n) is 9.68. The number of rotatable bonds is 7. The van der Waals surface area contributed by atoms with E-state index in [0.717, 1.165) is 35.0 Å². The molecule has 3 rings (SSSR count). The zero-order valence-electron chi connectivity index (χ0n) is 17.0. The maximum Gasteiger partial charge on any atom is 0.265 e. The van der Waals surface area contributed by atoms with Crippen molar-refractivity contribution in [2.24, 2.45) is 0 Å². The Kier molecular flexibility index (Phi) is 6.80. The molecule has 2 heterocycles. The second kappa shape index (κ2) is 9.30. The Morgan fingerprint density at radius 1 is 1.11 bits per heavy atom. The summed E-state index contributed by atoms with van der Waals surface area (Å²) in [6, 6.07) is 5.74. The molecule has 0 atom stereocenters. The minimum Gasteiger partial charge on any atom is -0.492 e. The lowest BCUT2D eigenvalue weighted by molar-refractivity contribution is 0.103. The van der Waals surface area contributed by atoms with Crippen molar-refractivity contribution < 1.29 is 19.0 Å². The van der Waals surface area contributed by atoms with Gasteiger partial charge in [-0.15, -0.1) is 11.3 Å². The van der Waals surface area contributed by atoms with E-state index in [0.29, 0.717) is 42.7 Å². The fraction of sp³-hybridized carbons (Fsp3) is 0.476. The highest BCUT2D eigenvalue weighted by Gasteiger charge is 2.21. The summed E-state index contributed by atoms with van der Waals surface area (Å²) in [5.41, 5.74) is 2.71.